The van der Waals surface area contributed by atoms with Crippen LogP contribution >= 0.6 is 0 Å². The maximum atomic E-state index is 13.1. The van der Waals surface area contributed by atoms with Crippen LogP contribution in [0.4, 0.5) is 0 Å². The van der Waals surface area contributed by atoms with Gasteiger partial charge in [0, 0.05) is 0 Å². The maximum Gasteiger partial charge on any atom is 0.338 e. The minimum absolute atomic E-state index is 0.0553. The second-order valence-electron chi connectivity index (χ2n) is 15.5. The standard InChI is InChI=1S/C40H42N6O6/c1-39(2,3)25-9-17-35(47)33(21-25)45-41-29-15-7-23(19-31(29)43-45)37(49)51-27-11-13-28(14-12-27)52-38(50)24-8-16-30-32(20-24)44-46(42-30)34-22-26(40(4,5)6)10-18-36(34)48/h7-10,15-22,27-28,47-48H,11-14H2,1-6H3. The molecule has 1 fully saturated rings. The fourth-order valence-corrected chi connectivity index (χ4v) is 6.31. The summed E-state index contributed by atoms with van der Waals surface area (Å²) in [5.74, 6) is -0.817. The van der Waals surface area contributed by atoms with Gasteiger partial charge in [0.15, 0.2) is 0 Å². The van der Waals surface area contributed by atoms with Crippen LogP contribution in [0.2, 0.25) is 0 Å². The van der Waals surface area contributed by atoms with Gasteiger partial charge in [-0.15, -0.1) is 30.0 Å². The van der Waals surface area contributed by atoms with Crippen LogP contribution in [0.1, 0.15) is 99.1 Å². The quantitative estimate of drug-likeness (QED) is 0.167. The number of rotatable bonds is 6. The second-order valence-corrected chi connectivity index (χ2v) is 15.5. The predicted molar refractivity (Wildman–Crippen MR) is 195 cm³/mol. The lowest BCUT2D eigenvalue weighted by molar-refractivity contribution is -0.0108. The van der Waals surface area contributed by atoms with Crippen molar-refractivity contribution in [3.05, 3.63) is 95.1 Å². The topological polar surface area (TPSA) is 154 Å². The molecule has 6 aromatic rings. The molecule has 0 radical (unpaired) electrons. The van der Waals surface area contributed by atoms with Gasteiger partial charge in [0.1, 0.15) is 57.1 Å². The highest BCUT2D eigenvalue weighted by Gasteiger charge is 2.28. The summed E-state index contributed by atoms with van der Waals surface area (Å²) in [5, 5.41) is 39.1. The molecule has 12 heteroatoms. The Labute approximate surface area is 301 Å². The number of carbonyl (C=O) groups excluding carboxylic acids is 2. The van der Waals surface area contributed by atoms with Crippen molar-refractivity contribution in [3.8, 4) is 22.9 Å². The summed E-state index contributed by atoms with van der Waals surface area (Å²) >= 11 is 0. The van der Waals surface area contributed by atoms with Gasteiger partial charge in [0.05, 0.1) is 11.1 Å². The number of ether oxygens (including phenoxy) is 2. The first-order valence-electron chi connectivity index (χ1n) is 17.5. The fraction of sp³-hybridized carbons (Fsp3) is 0.350. The molecule has 0 atom stereocenters. The Morgan fingerprint density at radius 2 is 0.923 bits per heavy atom. The maximum absolute atomic E-state index is 13.1. The van der Waals surface area contributed by atoms with E-state index in [0.29, 0.717) is 70.3 Å². The third kappa shape index (κ3) is 7.05. The molecule has 1 saturated carbocycles. The lowest BCUT2D eigenvalue weighted by Gasteiger charge is -2.28. The molecule has 2 N–H and O–H groups in total. The van der Waals surface area contributed by atoms with E-state index in [4.69, 9.17) is 9.47 Å². The largest absolute Gasteiger partial charge is 0.506 e. The van der Waals surface area contributed by atoms with Gasteiger partial charge < -0.3 is 19.7 Å². The van der Waals surface area contributed by atoms with Crippen LogP contribution in [0, 0.1) is 0 Å². The molecule has 0 aliphatic heterocycles. The van der Waals surface area contributed by atoms with Crippen molar-refractivity contribution in [2.24, 2.45) is 0 Å². The highest BCUT2D eigenvalue weighted by molar-refractivity contribution is 5.94. The molecule has 0 spiro atoms. The van der Waals surface area contributed by atoms with Gasteiger partial charge in [-0.05, 0) is 108 Å². The van der Waals surface area contributed by atoms with Crippen LogP contribution < -0.4 is 0 Å². The highest BCUT2D eigenvalue weighted by Crippen LogP contribution is 2.32. The number of aromatic hydroxyl groups is 2. The second kappa shape index (κ2) is 13.1. The first-order chi connectivity index (χ1) is 24.6. The molecular weight excluding hydrogens is 660 g/mol. The number of aromatic nitrogens is 6. The van der Waals surface area contributed by atoms with Crippen molar-refractivity contribution in [1.82, 2.24) is 30.0 Å². The van der Waals surface area contributed by atoms with Gasteiger partial charge in [0.2, 0.25) is 0 Å². The van der Waals surface area contributed by atoms with E-state index in [1.807, 2.05) is 24.3 Å². The SMILES string of the molecule is CC(C)(C)c1ccc(O)c(-n2nc3ccc(C(=O)OC4CCC(OC(=O)c5ccc6nn(-c7cc(C(C)(C)C)ccc7O)nc6c5)CC4)cc3n2)c1. The van der Waals surface area contributed by atoms with Crippen molar-refractivity contribution >= 4 is 34.0 Å². The molecule has 2 aromatic heterocycles. The fourth-order valence-electron chi connectivity index (χ4n) is 6.31. The zero-order chi connectivity index (χ0) is 36.9. The summed E-state index contributed by atoms with van der Waals surface area (Å²) < 4.78 is 11.7. The summed E-state index contributed by atoms with van der Waals surface area (Å²) in [5.41, 5.74) is 5.57. The number of fused-ring (bicyclic) bond motifs is 2. The number of carbonyl (C=O) groups is 2. The lowest BCUT2D eigenvalue weighted by atomic mass is 9.87. The van der Waals surface area contributed by atoms with Gasteiger partial charge in [-0.1, -0.05) is 53.7 Å². The van der Waals surface area contributed by atoms with E-state index in [-0.39, 0.29) is 34.5 Å². The minimum atomic E-state index is -0.464. The Kier molecular flexibility index (Phi) is 8.72. The molecule has 1 aliphatic carbocycles. The van der Waals surface area contributed by atoms with Crippen molar-refractivity contribution in [3.63, 3.8) is 0 Å². The summed E-state index contributed by atoms with van der Waals surface area (Å²) in [7, 11) is 0. The minimum Gasteiger partial charge on any atom is -0.506 e. The normalized spacial score (nSPS) is 16.7. The van der Waals surface area contributed by atoms with Crippen LogP contribution in [0.15, 0.2) is 72.8 Å². The van der Waals surface area contributed by atoms with Crippen molar-refractivity contribution in [2.75, 3.05) is 0 Å². The Hall–Kier alpha value is -5.78. The van der Waals surface area contributed by atoms with Crippen LogP contribution in [0.3, 0.4) is 0 Å². The predicted octanol–water partition coefficient (Wildman–Crippen LogP) is 7.49. The third-order valence-corrected chi connectivity index (χ3v) is 9.51. The number of hydrogen-bond donors (Lipinski definition) is 2. The molecule has 0 amide bonds. The molecule has 268 valence electrons. The Morgan fingerprint density at radius 1 is 0.558 bits per heavy atom. The van der Waals surface area contributed by atoms with E-state index in [0.717, 1.165) is 11.1 Å². The zero-order valence-electron chi connectivity index (χ0n) is 30.1. The van der Waals surface area contributed by atoms with Crippen LogP contribution in [0.5, 0.6) is 11.5 Å². The van der Waals surface area contributed by atoms with Crippen molar-refractivity contribution in [1.29, 1.82) is 0 Å². The number of phenols is 2. The van der Waals surface area contributed by atoms with Gasteiger partial charge in [-0.25, -0.2) is 9.59 Å². The molecule has 0 unspecified atom stereocenters. The molecule has 0 bridgehead atoms. The summed E-state index contributed by atoms with van der Waals surface area (Å²) in [6, 6.07) is 20.8. The number of esters is 2. The van der Waals surface area contributed by atoms with E-state index in [1.165, 1.54) is 9.59 Å². The third-order valence-electron chi connectivity index (χ3n) is 9.51. The van der Waals surface area contributed by atoms with Gasteiger partial charge in [-0.2, -0.15) is 0 Å². The highest BCUT2D eigenvalue weighted by atomic mass is 16.6. The first kappa shape index (κ1) is 34.7. The Morgan fingerprint density at radius 3 is 1.29 bits per heavy atom. The summed E-state index contributed by atoms with van der Waals surface area (Å²) in [6.45, 7) is 12.5. The van der Waals surface area contributed by atoms with Crippen LogP contribution in [-0.4, -0.2) is 64.3 Å². The smallest absolute Gasteiger partial charge is 0.338 e. The lowest BCUT2D eigenvalue weighted by Crippen LogP contribution is -2.29. The van der Waals surface area contributed by atoms with Gasteiger partial charge in [-0.3, -0.25) is 0 Å². The van der Waals surface area contributed by atoms with Crippen LogP contribution in [0.25, 0.3) is 33.4 Å². The van der Waals surface area contributed by atoms with E-state index in [2.05, 4.69) is 61.9 Å². The van der Waals surface area contributed by atoms with E-state index >= 15 is 0 Å². The van der Waals surface area contributed by atoms with Crippen LogP contribution in [-0.2, 0) is 20.3 Å². The molecule has 1 aliphatic rings. The first-order valence-corrected chi connectivity index (χ1v) is 17.5. The van der Waals surface area contributed by atoms with Gasteiger partial charge in [0.25, 0.3) is 0 Å². The molecule has 4 aromatic carbocycles. The number of benzene rings is 4. The average Bonchev–Trinajstić information content (AvgIpc) is 3.72. The molecule has 7 rings (SSSR count). The number of hydrogen-bond acceptors (Lipinski definition) is 10. The van der Waals surface area contributed by atoms with Gasteiger partial charge >= 0.3 is 11.9 Å². The zero-order valence-corrected chi connectivity index (χ0v) is 30.1. The summed E-state index contributed by atoms with van der Waals surface area (Å²) in [4.78, 5) is 29.0. The van der Waals surface area contributed by atoms with E-state index in [1.54, 1.807) is 48.5 Å². The molecular formula is C40H42N6O6. The Bertz CT molecular complexity index is 2160. The average molecular weight is 703 g/mol. The number of nitrogens with zero attached hydrogens (tertiary/aromatic N) is 6. The van der Waals surface area contributed by atoms with E-state index in [9.17, 15) is 19.8 Å². The molecule has 52 heavy (non-hydrogen) atoms. The Balaban J connectivity index is 0.960. The van der Waals surface area contributed by atoms with Crippen molar-refractivity contribution < 1.29 is 29.3 Å². The monoisotopic (exact) mass is 702 g/mol. The summed E-state index contributed by atoms with van der Waals surface area (Å²) in [6.07, 6.45) is 1.58. The molecule has 2 heterocycles. The molecule has 12 nitrogen and oxygen atoms in total. The number of phenolic OH excluding ortho intramolecular Hbond substituents is 2. The van der Waals surface area contributed by atoms with Crippen molar-refractivity contribution in [2.45, 2.75) is 90.3 Å². The van der Waals surface area contributed by atoms with E-state index < -0.39 is 11.9 Å². The molecule has 0 saturated heterocycles.